The fraction of sp³-hybridized carbons (Fsp3) is 0.333. The SMILES string of the molecule is Cc1cc(SCC(=O)NC(C)c2ncc[nH]2)c(C)cc1Br. The van der Waals surface area contributed by atoms with Gasteiger partial charge in [-0.15, -0.1) is 11.8 Å². The van der Waals surface area contributed by atoms with Crippen LogP contribution in [0.2, 0.25) is 0 Å². The van der Waals surface area contributed by atoms with Crippen molar-refractivity contribution in [2.24, 2.45) is 0 Å². The van der Waals surface area contributed by atoms with Gasteiger partial charge in [0.2, 0.25) is 5.91 Å². The van der Waals surface area contributed by atoms with Gasteiger partial charge in [0, 0.05) is 21.8 Å². The third-order valence-corrected chi connectivity index (χ3v) is 5.13. The molecule has 0 aliphatic carbocycles. The molecule has 1 amide bonds. The van der Waals surface area contributed by atoms with Gasteiger partial charge < -0.3 is 10.3 Å². The second-order valence-corrected chi connectivity index (χ2v) is 6.79. The first-order valence-corrected chi connectivity index (χ1v) is 8.43. The van der Waals surface area contributed by atoms with Gasteiger partial charge in [0.25, 0.3) is 0 Å². The van der Waals surface area contributed by atoms with Gasteiger partial charge in [-0.1, -0.05) is 15.9 Å². The number of aryl methyl sites for hydroxylation is 2. The molecule has 0 saturated carbocycles. The number of rotatable bonds is 5. The Morgan fingerprint density at radius 1 is 1.43 bits per heavy atom. The fourth-order valence-corrected chi connectivity index (χ4v) is 3.29. The van der Waals surface area contributed by atoms with Gasteiger partial charge in [0.1, 0.15) is 5.82 Å². The lowest BCUT2D eigenvalue weighted by atomic mass is 10.2. The van der Waals surface area contributed by atoms with Crippen molar-refractivity contribution in [3.05, 3.63) is 46.0 Å². The number of carbonyl (C=O) groups is 1. The Hall–Kier alpha value is -1.27. The van der Waals surface area contributed by atoms with Crippen LogP contribution in [0.1, 0.15) is 29.9 Å². The molecular formula is C15H18BrN3OS. The number of imidazole rings is 1. The maximum absolute atomic E-state index is 12.0. The van der Waals surface area contributed by atoms with Crippen LogP contribution in [0.25, 0.3) is 0 Å². The summed E-state index contributed by atoms with van der Waals surface area (Å²) in [4.78, 5) is 20.3. The molecule has 1 heterocycles. The topological polar surface area (TPSA) is 57.8 Å². The third kappa shape index (κ3) is 4.35. The molecule has 0 aliphatic rings. The zero-order chi connectivity index (χ0) is 15.4. The first-order valence-electron chi connectivity index (χ1n) is 6.65. The number of halogens is 1. The summed E-state index contributed by atoms with van der Waals surface area (Å²) in [5, 5.41) is 2.94. The molecule has 0 fully saturated rings. The number of thioether (sulfide) groups is 1. The van der Waals surface area contributed by atoms with E-state index in [2.05, 4.69) is 50.3 Å². The van der Waals surface area contributed by atoms with Gasteiger partial charge in [0.15, 0.2) is 0 Å². The van der Waals surface area contributed by atoms with Gasteiger partial charge >= 0.3 is 0 Å². The summed E-state index contributed by atoms with van der Waals surface area (Å²) in [6.07, 6.45) is 3.43. The number of H-pyrrole nitrogens is 1. The molecular weight excluding hydrogens is 350 g/mol. The highest BCUT2D eigenvalue weighted by atomic mass is 79.9. The van der Waals surface area contributed by atoms with E-state index in [9.17, 15) is 4.79 Å². The molecule has 1 unspecified atom stereocenters. The summed E-state index contributed by atoms with van der Waals surface area (Å²) >= 11 is 5.07. The van der Waals surface area contributed by atoms with Crippen molar-refractivity contribution in [3.8, 4) is 0 Å². The van der Waals surface area contributed by atoms with E-state index >= 15 is 0 Å². The quantitative estimate of drug-likeness (QED) is 0.791. The van der Waals surface area contributed by atoms with E-state index in [1.807, 2.05) is 13.8 Å². The molecule has 4 nitrogen and oxygen atoms in total. The van der Waals surface area contributed by atoms with Crippen molar-refractivity contribution < 1.29 is 4.79 Å². The Morgan fingerprint density at radius 3 is 2.86 bits per heavy atom. The van der Waals surface area contributed by atoms with Crippen molar-refractivity contribution in [1.29, 1.82) is 0 Å². The van der Waals surface area contributed by atoms with E-state index in [4.69, 9.17) is 0 Å². The second-order valence-electron chi connectivity index (χ2n) is 4.92. The number of hydrogen-bond donors (Lipinski definition) is 2. The minimum atomic E-state index is -0.110. The van der Waals surface area contributed by atoms with Gasteiger partial charge in [-0.3, -0.25) is 4.79 Å². The van der Waals surface area contributed by atoms with Gasteiger partial charge in [-0.2, -0.15) is 0 Å². The van der Waals surface area contributed by atoms with Crippen LogP contribution in [0.15, 0.2) is 33.9 Å². The summed E-state index contributed by atoms with van der Waals surface area (Å²) < 4.78 is 1.10. The van der Waals surface area contributed by atoms with E-state index in [0.29, 0.717) is 5.75 Å². The second kappa shape index (κ2) is 7.13. The first-order chi connectivity index (χ1) is 9.97. The zero-order valence-electron chi connectivity index (χ0n) is 12.2. The molecule has 0 spiro atoms. The van der Waals surface area contributed by atoms with Crippen LogP contribution in [-0.4, -0.2) is 21.6 Å². The Bertz CT molecular complexity index is 628. The molecule has 6 heteroatoms. The Morgan fingerprint density at radius 2 is 2.19 bits per heavy atom. The smallest absolute Gasteiger partial charge is 0.230 e. The van der Waals surface area contributed by atoms with E-state index in [1.54, 1.807) is 24.2 Å². The van der Waals surface area contributed by atoms with Crippen LogP contribution in [0.4, 0.5) is 0 Å². The first kappa shape index (κ1) is 16.1. The molecule has 0 aliphatic heterocycles. The van der Waals surface area contributed by atoms with Gasteiger partial charge in [0.05, 0.1) is 11.8 Å². The van der Waals surface area contributed by atoms with Crippen LogP contribution >= 0.6 is 27.7 Å². The minimum absolute atomic E-state index is 0.00359. The molecule has 1 atom stereocenters. The monoisotopic (exact) mass is 367 g/mol. The lowest BCUT2D eigenvalue weighted by molar-refractivity contribution is -0.119. The zero-order valence-corrected chi connectivity index (χ0v) is 14.6. The molecule has 2 N–H and O–H groups in total. The molecule has 2 rings (SSSR count). The van der Waals surface area contributed by atoms with Crippen molar-refractivity contribution in [2.75, 3.05) is 5.75 Å². The van der Waals surface area contributed by atoms with E-state index in [0.717, 1.165) is 15.2 Å². The summed E-state index contributed by atoms with van der Waals surface area (Å²) in [6, 6.07) is 4.08. The van der Waals surface area contributed by atoms with Gasteiger partial charge in [-0.05, 0) is 44.0 Å². The number of aromatic nitrogens is 2. The minimum Gasteiger partial charge on any atom is -0.347 e. The van der Waals surface area contributed by atoms with Crippen molar-refractivity contribution >= 4 is 33.6 Å². The number of aromatic amines is 1. The van der Waals surface area contributed by atoms with E-state index in [-0.39, 0.29) is 11.9 Å². The lowest BCUT2D eigenvalue weighted by Gasteiger charge is -2.12. The molecule has 1 aromatic heterocycles. The molecule has 0 radical (unpaired) electrons. The van der Waals surface area contributed by atoms with Crippen LogP contribution in [0.3, 0.4) is 0 Å². The lowest BCUT2D eigenvalue weighted by Crippen LogP contribution is -2.28. The van der Waals surface area contributed by atoms with E-state index < -0.39 is 0 Å². The predicted molar refractivity (Wildman–Crippen MR) is 89.5 cm³/mol. The third-order valence-electron chi connectivity index (χ3n) is 3.12. The number of carbonyl (C=O) groups excluding carboxylic acids is 1. The van der Waals surface area contributed by atoms with Crippen molar-refractivity contribution in [1.82, 2.24) is 15.3 Å². The summed E-state index contributed by atoms with van der Waals surface area (Å²) in [7, 11) is 0. The number of benzene rings is 1. The number of nitrogens with one attached hydrogen (secondary N) is 2. The summed E-state index contributed by atoms with van der Waals surface area (Å²) in [5.74, 6) is 1.17. The summed E-state index contributed by atoms with van der Waals surface area (Å²) in [5.41, 5.74) is 2.34. The average molecular weight is 368 g/mol. The number of amides is 1. The highest BCUT2D eigenvalue weighted by molar-refractivity contribution is 9.10. The number of hydrogen-bond acceptors (Lipinski definition) is 3. The highest BCUT2D eigenvalue weighted by Gasteiger charge is 2.12. The Kier molecular flexibility index (Phi) is 5.47. The summed E-state index contributed by atoms with van der Waals surface area (Å²) in [6.45, 7) is 6.01. The van der Waals surface area contributed by atoms with Crippen LogP contribution < -0.4 is 5.32 Å². The molecule has 112 valence electrons. The Labute approximate surface area is 137 Å². The largest absolute Gasteiger partial charge is 0.347 e. The number of nitrogens with zero attached hydrogens (tertiary/aromatic N) is 1. The van der Waals surface area contributed by atoms with Gasteiger partial charge in [-0.25, -0.2) is 4.98 Å². The van der Waals surface area contributed by atoms with Crippen LogP contribution in [0.5, 0.6) is 0 Å². The standard InChI is InChI=1S/C15H18BrN3OS/c1-9-7-13(10(2)6-12(9)16)21-8-14(20)19-11(3)15-17-4-5-18-15/h4-7,11H,8H2,1-3H3,(H,17,18)(H,19,20). The molecule has 21 heavy (non-hydrogen) atoms. The Balaban J connectivity index is 1.91. The van der Waals surface area contributed by atoms with Crippen molar-refractivity contribution in [2.45, 2.75) is 31.7 Å². The van der Waals surface area contributed by atoms with E-state index in [1.165, 1.54) is 11.1 Å². The normalized spacial score (nSPS) is 12.2. The molecule has 1 aromatic carbocycles. The molecule has 0 bridgehead atoms. The predicted octanol–water partition coefficient (Wildman–Crippen LogP) is 3.76. The molecule has 0 saturated heterocycles. The van der Waals surface area contributed by atoms with Crippen LogP contribution in [0, 0.1) is 13.8 Å². The van der Waals surface area contributed by atoms with Crippen LogP contribution in [-0.2, 0) is 4.79 Å². The average Bonchev–Trinajstić information content (AvgIpc) is 2.95. The maximum atomic E-state index is 12.0. The molecule has 2 aromatic rings. The van der Waals surface area contributed by atoms with Crippen molar-refractivity contribution in [3.63, 3.8) is 0 Å². The highest BCUT2D eigenvalue weighted by Crippen LogP contribution is 2.28. The fourth-order valence-electron chi connectivity index (χ4n) is 1.92. The maximum Gasteiger partial charge on any atom is 0.230 e.